The standard InChI is InChI=1S/C15H16N2O5S/c1-3-16(12-7-6-8-13(11-12)22-2)23(20,21)15-10-5-4-9-14(15)17(18)19/h4-11H,3H2,1-2H3. The largest absolute Gasteiger partial charge is 0.497 e. The minimum Gasteiger partial charge on any atom is -0.497 e. The van der Waals surface area contributed by atoms with Crippen molar-refractivity contribution in [2.75, 3.05) is 18.0 Å². The van der Waals surface area contributed by atoms with Gasteiger partial charge in [-0.1, -0.05) is 18.2 Å². The SMILES string of the molecule is CCN(c1cccc(OC)c1)S(=O)(=O)c1ccccc1[N+](=O)[O-]. The lowest BCUT2D eigenvalue weighted by Crippen LogP contribution is -2.31. The van der Waals surface area contributed by atoms with Crippen molar-refractivity contribution in [2.45, 2.75) is 11.8 Å². The highest BCUT2D eigenvalue weighted by Crippen LogP contribution is 2.30. The summed E-state index contributed by atoms with van der Waals surface area (Å²) >= 11 is 0. The smallest absolute Gasteiger partial charge is 0.289 e. The third-order valence-corrected chi connectivity index (χ3v) is 5.21. The highest BCUT2D eigenvalue weighted by atomic mass is 32.2. The Morgan fingerprint density at radius 2 is 1.87 bits per heavy atom. The van der Waals surface area contributed by atoms with E-state index in [9.17, 15) is 18.5 Å². The number of methoxy groups -OCH3 is 1. The molecule has 0 heterocycles. The van der Waals surface area contributed by atoms with Crippen LogP contribution in [0.2, 0.25) is 0 Å². The summed E-state index contributed by atoms with van der Waals surface area (Å²) in [6.07, 6.45) is 0. The number of para-hydroxylation sites is 1. The van der Waals surface area contributed by atoms with Gasteiger partial charge in [-0.25, -0.2) is 8.42 Å². The van der Waals surface area contributed by atoms with Crippen molar-refractivity contribution < 1.29 is 18.1 Å². The number of anilines is 1. The molecule has 0 saturated carbocycles. The van der Waals surface area contributed by atoms with Crippen LogP contribution in [0.5, 0.6) is 5.75 Å². The van der Waals surface area contributed by atoms with E-state index in [1.807, 2.05) is 0 Å². The number of hydrogen-bond donors (Lipinski definition) is 0. The second kappa shape index (κ2) is 6.66. The van der Waals surface area contributed by atoms with E-state index in [2.05, 4.69) is 0 Å². The molecule has 0 aromatic heterocycles. The van der Waals surface area contributed by atoms with Crippen LogP contribution in [0, 0.1) is 10.1 Å². The van der Waals surface area contributed by atoms with Crippen molar-refractivity contribution in [3.05, 3.63) is 58.6 Å². The molecule has 0 saturated heterocycles. The maximum Gasteiger partial charge on any atom is 0.289 e. The zero-order chi connectivity index (χ0) is 17.0. The van der Waals surface area contributed by atoms with Crippen LogP contribution < -0.4 is 9.04 Å². The summed E-state index contributed by atoms with van der Waals surface area (Å²) < 4.78 is 31.9. The van der Waals surface area contributed by atoms with Crippen LogP contribution in [-0.4, -0.2) is 27.0 Å². The van der Waals surface area contributed by atoms with Crippen LogP contribution >= 0.6 is 0 Å². The Labute approximate surface area is 134 Å². The number of rotatable bonds is 6. The summed E-state index contributed by atoms with van der Waals surface area (Å²) in [5.74, 6) is 0.499. The average molecular weight is 336 g/mol. The van der Waals surface area contributed by atoms with E-state index in [1.165, 1.54) is 31.4 Å². The summed E-state index contributed by atoms with van der Waals surface area (Å²) in [7, 11) is -2.59. The van der Waals surface area contributed by atoms with Gasteiger partial charge in [0.15, 0.2) is 4.90 Å². The van der Waals surface area contributed by atoms with Gasteiger partial charge in [-0.15, -0.1) is 0 Å². The van der Waals surface area contributed by atoms with Crippen LogP contribution in [-0.2, 0) is 10.0 Å². The van der Waals surface area contributed by atoms with E-state index >= 15 is 0 Å². The first kappa shape index (κ1) is 16.8. The molecule has 0 amide bonds. The Hall–Kier alpha value is -2.61. The van der Waals surface area contributed by atoms with Gasteiger partial charge in [0, 0.05) is 18.7 Å². The average Bonchev–Trinajstić information content (AvgIpc) is 2.55. The van der Waals surface area contributed by atoms with Crippen molar-refractivity contribution in [3.8, 4) is 5.75 Å². The number of nitro groups is 1. The lowest BCUT2D eigenvalue weighted by atomic mass is 10.3. The Bertz CT molecular complexity index is 820. The number of benzene rings is 2. The Balaban J connectivity index is 2.58. The first-order valence-corrected chi connectivity index (χ1v) is 8.26. The van der Waals surface area contributed by atoms with E-state index < -0.39 is 20.6 Å². The molecule has 23 heavy (non-hydrogen) atoms. The number of ether oxygens (including phenoxy) is 1. The monoisotopic (exact) mass is 336 g/mol. The molecule has 0 aliphatic rings. The Kier molecular flexibility index (Phi) is 4.85. The zero-order valence-corrected chi connectivity index (χ0v) is 13.5. The molecule has 0 aliphatic heterocycles. The van der Waals surface area contributed by atoms with E-state index in [4.69, 9.17) is 4.74 Å². The van der Waals surface area contributed by atoms with Gasteiger partial charge in [0.25, 0.3) is 15.7 Å². The fraction of sp³-hybridized carbons (Fsp3) is 0.200. The van der Waals surface area contributed by atoms with Gasteiger partial charge in [0.05, 0.1) is 17.7 Å². The predicted octanol–water partition coefficient (Wildman–Crippen LogP) is 2.82. The van der Waals surface area contributed by atoms with Crippen molar-refractivity contribution in [1.82, 2.24) is 0 Å². The van der Waals surface area contributed by atoms with Gasteiger partial charge in [0.2, 0.25) is 0 Å². The van der Waals surface area contributed by atoms with Gasteiger partial charge in [-0.3, -0.25) is 14.4 Å². The minimum atomic E-state index is -4.07. The molecule has 2 rings (SSSR count). The van der Waals surface area contributed by atoms with E-state index in [1.54, 1.807) is 31.2 Å². The van der Waals surface area contributed by atoms with Gasteiger partial charge < -0.3 is 4.74 Å². The van der Waals surface area contributed by atoms with Crippen LogP contribution in [0.4, 0.5) is 11.4 Å². The fourth-order valence-electron chi connectivity index (χ4n) is 2.20. The maximum atomic E-state index is 12.9. The van der Waals surface area contributed by atoms with Crippen molar-refractivity contribution >= 4 is 21.4 Å². The Morgan fingerprint density at radius 3 is 2.48 bits per heavy atom. The van der Waals surface area contributed by atoms with Gasteiger partial charge in [0.1, 0.15) is 5.75 Å². The molecule has 0 fully saturated rings. The van der Waals surface area contributed by atoms with Crippen molar-refractivity contribution in [1.29, 1.82) is 0 Å². The molecule has 0 spiro atoms. The molecule has 0 atom stereocenters. The van der Waals surface area contributed by atoms with E-state index in [0.29, 0.717) is 11.4 Å². The van der Waals surface area contributed by atoms with Crippen molar-refractivity contribution in [3.63, 3.8) is 0 Å². The molecular weight excluding hydrogens is 320 g/mol. The van der Waals surface area contributed by atoms with E-state index in [-0.39, 0.29) is 11.4 Å². The quantitative estimate of drug-likeness (QED) is 0.597. The molecule has 0 aliphatic carbocycles. The summed E-state index contributed by atoms with van der Waals surface area (Å²) in [5.41, 5.74) is -0.0705. The molecule has 122 valence electrons. The highest BCUT2D eigenvalue weighted by molar-refractivity contribution is 7.93. The Morgan fingerprint density at radius 1 is 1.17 bits per heavy atom. The van der Waals surface area contributed by atoms with Crippen LogP contribution in [0.15, 0.2) is 53.4 Å². The molecule has 8 heteroatoms. The highest BCUT2D eigenvalue weighted by Gasteiger charge is 2.30. The van der Waals surface area contributed by atoms with Crippen molar-refractivity contribution in [2.24, 2.45) is 0 Å². The lowest BCUT2D eigenvalue weighted by molar-refractivity contribution is -0.387. The third-order valence-electron chi connectivity index (χ3n) is 3.26. The van der Waals surface area contributed by atoms with Crippen LogP contribution in [0.3, 0.4) is 0 Å². The first-order valence-electron chi connectivity index (χ1n) is 6.82. The molecule has 2 aromatic carbocycles. The molecule has 2 aromatic rings. The molecule has 0 radical (unpaired) electrons. The minimum absolute atomic E-state index is 0.127. The normalized spacial score (nSPS) is 11.0. The second-order valence-corrected chi connectivity index (χ2v) is 6.43. The first-order chi connectivity index (χ1) is 10.9. The maximum absolute atomic E-state index is 12.9. The predicted molar refractivity (Wildman–Crippen MR) is 86.3 cm³/mol. The molecule has 0 bridgehead atoms. The molecule has 7 nitrogen and oxygen atoms in total. The number of nitrogens with zero attached hydrogens (tertiary/aromatic N) is 2. The van der Waals surface area contributed by atoms with E-state index in [0.717, 1.165) is 4.31 Å². The van der Waals surface area contributed by atoms with Gasteiger partial charge in [-0.2, -0.15) is 0 Å². The summed E-state index contributed by atoms with van der Waals surface area (Å²) in [6.45, 7) is 1.79. The zero-order valence-electron chi connectivity index (χ0n) is 12.7. The number of sulfonamides is 1. The molecule has 0 N–H and O–H groups in total. The van der Waals surface area contributed by atoms with Crippen LogP contribution in [0.25, 0.3) is 0 Å². The molecular formula is C15H16N2O5S. The lowest BCUT2D eigenvalue weighted by Gasteiger charge is -2.23. The molecule has 0 unspecified atom stereocenters. The second-order valence-electron chi connectivity index (χ2n) is 4.60. The van der Waals surface area contributed by atoms with Crippen LogP contribution in [0.1, 0.15) is 6.92 Å². The number of nitro benzene ring substituents is 1. The number of hydrogen-bond acceptors (Lipinski definition) is 5. The topological polar surface area (TPSA) is 89.8 Å². The third kappa shape index (κ3) is 3.26. The van der Waals surface area contributed by atoms with Gasteiger partial charge >= 0.3 is 0 Å². The fourth-order valence-corrected chi connectivity index (χ4v) is 3.83. The summed E-state index contributed by atoms with van der Waals surface area (Å²) in [4.78, 5) is 10.1. The summed E-state index contributed by atoms with van der Waals surface area (Å²) in [6, 6.07) is 11.8. The summed E-state index contributed by atoms with van der Waals surface area (Å²) in [5, 5.41) is 11.1. The van der Waals surface area contributed by atoms with Gasteiger partial charge in [-0.05, 0) is 25.1 Å².